The highest BCUT2D eigenvalue weighted by atomic mass is 16.6. The maximum absolute atomic E-state index is 11.2. The van der Waals surface area contributed by atoms with E-state index in [1.54, 1.807) is 0 Å². The predicted molar refractivity (Wildman–Crippen MR) is 94.2 cm³/mol. The molecule has 0 saturated heterocycles. The van der Waals surface area contributed by atoms with Crippen LogP contribution in [0.25, 0.3) is 0 Å². The zero-order valence-corrected chi connectivity index (χ0v) is 14.3. The lowest BCUT2D eigenvalue weighted by atomic mass is 9.75. The normalized spacial score (nSPS) is 11.0. The minimum absolute atomic E-state index is 0.0816. The topological polar surface area (TPSA) is 105 Å². The summed E-state index contributed by atoms with van der Waals surface area (Å²) in [6.45, 7) is 3.78. The van der Waals surface area contributed by atoms with Crippen LogP contribution in [0.2, 0.25) is 0 Å². The lowest BCUT2D eigenvalue weighted by molar-refractivity contribution is 0.0898. The predicted octanol–water partition coefficient (Wildman–Crippen LogP) is 2.78. The Labute approximate surface area is 146 Å². The van der Waals surface area contributed by atoms with Gasteiger partial charge in [0.2, 0.25) is 0 Å². The molecule has 2 aromatic rings. The Bertz CT molecular complexity index is 674. The molecule has 2 amide bonds. The van der Waals surface area contributed by atoms with Crippen molar-refractivity contribution < 1.29 is 19.1 Å². The minimum Gasteiger partial charge on any atom is -0.448 e. The van der Waals surface area contributed by atoms with Gasteiger partial charge in [-0.1, -0.05) is 59.7 Å². The van der Waals surface area contributed by atoms with Crippen molar-refractivity contribution in [3.8, 4) is 0 Å². The van der Waals surface area contributed by atoms with E-state index in [1.807, 2.05) is 62.4 Å². The van der Waals surface area contributed by atoms with E-state index in [4.69, 9.17) is 20.9 Å². The van der Waals surface area contributed by atoms with Crippen LogP contribution in [0, 0.1) is 13.8 Å². The molecule has 0 heterocycles. The molecular formula is C19H22N2O4. The third-order valence-electron chi connectivity index (χ3n) is 4.13. The molecule has 0 aliphatic rings. The van der Waals surface area contributed by atoms with E-state index in [2.05, 4.69) is 0 Å². The Morgan fingerprint density at radius 3 is 1.36 bits per heavy atom. The van der Waals surface area contributed by atoms with Gasteiger partial charge < -0.3 is 20.9 Å². The Kier molecular flexibility index (Phi) is 5.64. The van der Waals surface area contributed by atoms with Crippen molar-refractivity contribution in [1.29, 1.82) is 0 Å². The molecule has 0 aromatic heterocycles. The number of ether oxygens (including phenoxy) is 2. The molecule has 25 heavy (non-hydrogen) atoms. The molecule has 0 radical (unpaired) electrons. The molecule has 2 rings (SSSR count). The van der Waals surface area contributed by atoms with E-state index in [0.29, 0.717) is 0 Å². The number of hydrogen-bond acceptors (Lipinski definition) is 4. The Hall–Kier alpha value is -3.02. The molecular weight excluding hydrogens is 320 g/mol. The van der Waals surface area contributed by atoms with Crippen molar-refractivity contribution >= 4 is 12.2 Å². The van der Waals surface area contributed by atoms with Crippen molar-refractivity contribution in [1.82, 2.24) is 0 Å². The SMILES string of the molecule is Cc1ccc(C(COC(N)=O)(COC(N)=O)c2ccc(C)cc2)cc1. The molecule has 0 aliphatic carbocycles. The summed E-state index contributed by atoms with van der Waals surface area (Å²) >= 11 is 0. The molecule has 0 aliphatic heterocycles. The van der Waals surface area contributed by atoms with Gasteiger partial charge in [-0.05, 0) is 25.0 Å². The van der Waals surface area contributed by atoms with Gasteiger partial charge in [-0.2, -0.15) is 0 Å². The summed E-state index contributed by atoms with van der Waals surface area (Å²) in [5, 5.41) is 0. The molecule has 0 fully saturated rings. The van der Waals surface area contributed by atoms with Crippen molar-refractivity contribution in [2.24, 2.45) is 11.5 Å². The zero-order valence-electron chi connectivity index (χ0n) is 14.3. The fourth-order valence-corrected chi connectivity index (χ4v) is 2.68. The van der Waals surface area contributed by atoms with Crippen LogP contribution in [-0.4, -0.2) is 25.4 Å². The molecule has 4 N–H and O–H groups in total. The molecule has 0 spiro atoms. The molecule has 132 valence electrons. The first-order chi connectivity index (χ1) is 11.8. The van der Waals surface area contributed by atoms with Gasteiger partial charge in [0.1, 0.15) is 13.2 Å². The Morgan fingerprint density at radius 1 is 0.760 bits per heavy atom. The number of rotatable bonds is 6. The second-order valence-corrected chi connectivity index (χ2v) is 6.03. The van der Waals surface area contributed by atoms with Gasteiger partial charge in [0.05, 0.1) is 5.41 Å². The summed E-state index contributed by atoms with van der Waals surface area (Å²) in [5.41, 5.74) is 13.2. The number of primary amides is 2. The fourth-order valence-electron chi connectivity index (χ4n) is 2.68. The highest BCUT2D eigenvalue weighted by Crippen LogP contribution is 2.34. The summed E-state index contributed by atoms with van der Waals surface area (Å²) in [6.07, 6.45) is -1.80. The third-order valence-corrected chi connectivity index (χ3v) is 4.13. The molecule has 0 saturated carbocycles. The summed E-state index contributed by atoms with van der Waals surface area (Å²) < 4.78 is 10.2. The van der Waals surface area contributed by atoms with Crippen LogP contribution in [-0.2, 0) is 14.9 Å². The molecule has 6 heteroatoms. The van der Waals surface area contributed by atoms with Gasteiger partial charge in [-0.25, -0.2) is 9.59 Å². The van der Waals surface area contributed by atoms with Crippen LogP contribution in [0.3, 0.4) is 0 Å². The second kappa shape index (κ2) is 7.70. The standard InChI is InChI=1S/C19H22N2O4/c1-13-3-7-15(8-4-13)19(11-24-17(20)22,12-25-18(21)23)16-9-5-14(2)6-10-16/h3-10H,11-12H2,1-2H3,(H2,20,22)(H2,21,23). The number of carbonyl (C=O) groups excluding carboxylic acids is 2. The number of benzene rings is 2. The van der Waals surface area contributed by atoms with Crippen molar-refractivity contribution in [3.63, 3.8) is 0 Å². The Morgan fingerprint density at radius 2 is 1.08 bits per heavy atom. The van der Waals surface area contributed by atoms with Crippen LogP contribution in [0.1, 0.15) is 22.3 Å². The van der Waals surface area contributed by atoms with Gasteiger partial charge in [0, 0.05) is 0 Å². The van der Waals surface area contributed by atoms with Crippen LogP contribution < -0.4 is 11.5 Å². The van der Waals surface area contributed by atoms with E-state index in [0.717, 1.165) is 22.3 Å². The van der Waals surface area contributed by atoms with Crippen molar-refractivity contribution in [2.45, 2.75) is 19.3 Å². The summed E-state index contributed by atoms with van der Waals surface area (Å²) in [7, 11) is 0. The summed E-state index contributed by atoms with van der Waals surface area (Å²) in [4.78, 5) is 22.4. The highest BCUT2D eigenvalue weighted by Gasteiger charge is 2.37. The van der Waals surface area contributed by atoms with Crippen LogP contribution >= 0.6 is 0 Å². The second-order valence-electron chi connectivity index (χ2n) is 6.03. The quantitative estimate of drug-likeness (QED) is 0.842. The van der Waals surface area contributed by atoms with E-state index in [-0.39, 0.29) is 13.2 Å². The van der Waals surface area contributed by atoms with Gasteiger partial charge in [0.15, 0.2) is 0 Å². The zero-order chi connectivity index (χ0) is 18.4. The first-order valence-corrected chi connectivity index (χ1v) is 7.82. The molecule has 0 atom stereocenters. The van der Waals surface area contributed by atoms with E-state index >= 15 is 0 Å². The number of nitrogens with two attached hydrogens (primary N) is 2. The maximum atomic E-state index is 11.2. The maximum Gasteiger partial charge on any atom is 0.404 e. The van der Waals surface area contributed by atoms with Gasteiger partial charge >= 0.3 is 12.2 Å². The summed E-state index contributed by atoms with van der Waals surface area (Å²) in [6, 6.07) is 15.4. The number of carbonyl (C=O) groups is 2. The van der Waals surface area contributed by atoms with Gasteiger partial charge in [-0.15, -0.1) is 0 Å². The number of amides is 2. The van der Waals surface area contributed by atoms with Crippen LogP contribution in [0.15, 0.2) is 48.5 Å². The molecule has 6 nitrogen and oxygen atoms in total. The molecule has 0 bridgehead atoms. The average molecular weight is 342 g/mol. The van der Waals surface area contributed by atoms with Gasteiger partial charge in [0.25, 0.3) is 0 Å². The fraction of sp³-hybridized carbons (Fsp3) is 0.263. The van der Waals surface area contributed by atoms with E-state index < -0.39 is 17.6 Å². The lowest BCUT2D eigenvalue weighted by Gasteiger charge is -2.33. The largest absolute Gasteiger partial charge is 0.448 e. The molecule has 0 unspecified atom stereocenters. The van der Waals surface area contributed by atoms with Crippen LogP contribution in [0.5, 0.6) is 0 Å². The lowest BCUT2D eigenvalue weighted by Crippen LogP contribution is -2.41. The van der Waals surface area contributed by atoms with Crippen molar-refractivity contribution in [2.75, 3.05) is 13.2 Å². The van der Waals surface area contributed by atoms with Crippen LogP contribution in [0.4, 0.5) is 9.59 Å². The average Bonchev–Trinajstić information content (AvgIpc) is 2.57. The monoisotopic (exact) mass is 342 g/mol. The smallest absolute Gasteiger partial charge is 0.404 e. The first kappa shape index (κ1) is 18.3. The van der Waals surface area contributed by atoms with Gasteiger partial charge in [-0.3, -0.25) is 0 Å². The Balaban J connectivity index is 2.57. The summed E-state index contributed by atoms with van der Waals surface area (Å²) in [5.74, 6) is 0. The van der Waals surface area contributed by atoms with Crippen molar-refractivity contribution in [3.05, 3.63) is 70.8 Å². The highest BCUT2D eigenvalue weighted by molar-refractivity contribution is 5.66. The van der Waals surface area contributed by atoms with E-state index in [9.17, 15) is 9.59 Å². The minimum atomic E-state index is -0.911. The third kappa shape index (κ3) is 4.50. The van der Waals surface area contributed by atoms with E-state index in [1.165, 1.54) is 0 Å². The number of aryl methyl sites for hydroxylation is 2. The number of hydrogen-bond donors (Lipinski definition) is 2. The first-order valence-electron chi connectivity index (χ1n) is 7.82. The molecule has 2 aromatic carbocycles.